The van der Waals surface area contributed by atoms with Crippen LogP contribution in [0.15, 0.2) is 12.1 Å². The van der Waals surface area contributed by atoms with Crippen molar-refractivity contribution in [1.29, 1.82) is 0 Å². The van der Waals surface area contributed by atoms with Gasteiger partial charge in [-0.15, -0.1) is 11.3 Å². The van der Waals surface area contributed by atoms with Crippen molar-refractivity contribution in [2.75, 3.05) is 13.1 Å². The average molecular weight is 238 g/mol. The predicted molar refractivity (Wildman–Crippen MR) is 50.7 cm³/mol. The van der Waals surface area contributed by atoms with Crippen LogP contribution in [0.25, 0.3) is 0 Å². The highest BCUT2D eigenvalue weighted by molar-refractivity contribution is 7.14. The third-order valence-corrected chi connectivity index (χ3v) is 2.67. The second-order valence-corrected chi connectivity index (χ2v) is 3.79. The Bertz CT molecular complexity index is 348. The Morgan fingerprint density at radius 2 is 2.13 bits per heavy atom. The Morgan fingerprint density at radius 1 is 1.47 bits per heavy atom. The van der Waals surface area contributed by atoms with E-state index in [1.165, 1.54) is 0 Å². The van der Waals surface area contributed by atoms with E-state index >= 15 is 0 Å². The van der Waals surface area contributed by atoms with Crippen LogP contribution in [0.5, 0.6) is 0 Å². The van der Waals surface area contributed by atoms with Gasteiger partial charge >= 0.3 is 6.18 Å². The third-order valence-electron chi connectivity index (χ3n) is 1.54. The number of alkyl halides is 3. The third kappa shape index (κ3) is 3.21. The van der Waals surface area contributed by atoms with Crippen LogP contribution in [-0.2, 0) is 6.18 Å². The normalized spacial score (nSPS) is 11.5. The molecule has 0 aliphatic heterocycles. The molecular formula is C8H9F3N2OS. The van der Waals surface area contributed by atoms with E-state index < -0.39 is 17.0 Å². The molecule has 0 atom stereocenters. The molecule has 0 saturated heterocycles. The Kier molecular flexibility index (Phi) is 3.70. The molecule has 1 aromatic heterocycles. The van der Waals surface area contributed by atoms with Crippen molar-refractivity contribution in [3.8, 4) is 0 Å². The van der Waals surface area contributed by atoms with Gasteiger partial charge in [0.15, 0.2) is 0 Å². The number of carbonyl (C=O) groups is 1. The van der Waals surface area contributed by atoms with Gasteiger partial charge in [0.05, 0.1) is 4.88 Å². The summed E-state index contributed by atoms with van der Waals surface area (Å²) in [6, 6.07) is 2.04. The van der Waals surface area contributed by atoms with E-state index in [0.717, 1.165) is 12.1 Å². The van der Waals surface area contributed by atoms with Crippen LogP contribution in [0.1, 0.15) is 14.5 Å². The molecule has 84 valence electrons. The highest BCUT2D eigenvalue weighted by Crippen LogP contribution is 2.34. The van der Waals surface area contributed by atoms with Crippen molar-refractivity contribution < 1.29 is 18.0 Å². The fourth-order valence-electron chi connectivity index (χ4n) is 0.885. The summed E-state index contributed by atoms with van der Waals surface area (Å²) in [5.74, 6) is -0.527. The van der Waals surface area contributed by atoms with Crippen LogP contribution in [0.2, 0.25) is 0 Å². The molecule has 3 nitrogen and oxygen atoms in total. The number of amides is 1. The summed E-state index contributed by atoms with van der Waals surface area (Å²) in [7, 11) is 0. The zero-order valence-corrected chi connectivity index (χ0v) is 8.41. The van der Waals surface area contributed by atoms with Crippen molar-refractivity contribution in [2.24, 2.45) is 5.73 Å². The van der Waals surface area contributed by atoms with E-state index in [0.29, 0.717) is 11.3 Å². The molecule has 0 spiro atoms. The quantitative estimate of drug-likeness (QED) is 0.837. The van der Waals surface area contributed by atoms with Crippen LogP contribution >= 0.6 is 11.3 Å². The van der Waals surface area contributed by atoms with Crippen molar-refractivity contribution in [1.82, 2.24) is 5.32 Å². The molecule has 0 unspecified atom stereocenters. The van der Waals surface area contributed by atoms with Crippen LogP contribution in [0, 0.1) is 0 Å². The second kappa shape index (κ2) is 4.63. The van der Waals surface area contributed by atoms with Crippen LogP contribution in [0.3, 0.4) is 0 Å². The van der Waals surface area contributed by atoms with Gasteiger partial charge < -0.3 is 11.1 Å². The molecule has 15 heavy (non-hydrogen) atoms. The fraction of sp³-hybridized carbons (Fsp3) is 0.375. The zero-order valence-electron chi connectivity index (χ0n) is 7.60. The van der Waals surface area contributed by atoms with Crippen molar-refractivity contribution in [3.63, 3.8) is 0 Å². The summed E-state index contributed by atoms with van der Waals surface area (Å²) in [5, 5.41) is 2.39. The number of nitrogens with two attached hydrogens (primary N) is 1. The van der Waals surface area contributed by atoms with Gasteiger partial charge in [0.1, 0.15) is 4.88 Å². The van der Waals surface area contributed by atoms with E-state index in [1.807, 2.05) is 0 Å². The minimum atomic E-state index is -4.39. The second-order valence-electron chi connectivity index (χ2n) is 2.71. The van der Waals surface area contributed by atoms with Gasteiger partial charge in [0, 0.05) is 13.1 Å². The van der Waals surface area contributed by atoms with E-state index in [2.05, 4.69) is 5.32 Å². The Morgan fingerprint density at radius 3 is 2.60 bits per heavy atom. The zero-order chi connectivity index (χ0) is 11.5. The maximum absolute atomic E-state index is 12.2. The predicted octanol–water partition coefficient (Wildman–Crippen LogP) is 1.46. The summed E-state index contributed by atoms with van der Waals surface area (Å²) >= 11 is 0.421. The minimum absolute atomic E-state index is 0.0378. The van der Waals surface area contributed by atoms with Gasteiger partial charge in [-0.05, 0) is 12.1 Å². The van der Waals surface area contributed by atoms with E-state index in [1.54, 1.807) is 0 Å². The average Bonchev–Trinajstić information content (AvgIpc) is 2.62. The summed E-state index contributed by atoms with van der Waals surface area (Å²) < 4.78 is 36.5. The summed E-state index contributed by atoms with van der Waals surface area (Å²) in [6.45, 7) is 0.501. The minimum Gasteiger partial charge on any atom is -0.350 e. The summed E-state index contributed by atoms with van der Waals surface area (Å²) in [4.78, 5) is 10.5. The maximum Gasteiger partial charge on any atom is 0.425 e. The molecule has 7 heteroatoms. The molecule has 0 aromatic carbocycles. The number of carbonyl (C=O) groups excluding carboxylic acids is 1. The first-order chi connectivity index (χ1) is 6.95. The Hall–Kier alpha value is -1.08. The van der Waals surface area contributed by atoms with Crippen molar-refractivity contribution in [3.05, 3.63) is 21.9 Å². The van der Waals surface area contributed by atoms with Gasteiger partial charge in [0.25, 0.3) is 5.91 Å². The first-order valence-electron chi connectivity index (χ1n) is 4.10. The van der Waals surface area contributed by atoms with Gasteiger partial charge in [-0.3, -0.25) is 4.79 Å². The lowest BCUT2D eigenvalue weighted by Crippen LogP contribution is -2.28. The summed E-state index contributed by atoms with van der Waals surface area (Å²) in [6.07, 6.45) is -4.39. The van der Waals surface area contributed by atoms with Crippen molar-refractivity contribution in [2.45, 2.75) is 6.18 Å². The SMILES string of the molecule is NCCNC(=O)c1ccc(C(F)(F)F)s1. The van der Waals surface area contributed by atoms with Gasteiger partial charge in [0.2, 0.25) is 0 Å². The molecule has 0 radical (unpaired) electrons. The van der Waals surface area contributed by atoms with E-state index in [4.69, 9.17) is 5.73 Å². The topological polar surface area (TPSA) is 55.1 Å². The molecule has 1 aromatic rings. The number of hydrogen-bond acceptors (Lipinski definition) is 3. The molecule has 3 N–H and O–H groups in total. The van der Waals surface area contributed by atoms with Crippen LogP contribution in [0.4, 0.5) is 13.2 Å². The monoisotopic (exact) mass is 238 g/mol. The highest BCUT2D eigenvalue weighted by atomic mass is 32.1. The van der Waals surface area contributed by atoms with Crippen molar-refractivity contribution >= 4 is 17.2 Å². The van der Waals surface area contributed by atoms with Crippen LogP contribution in [-0.4, -0.2) is 19.0 Å². The largest absolute Gasteiger partial charge is 0.425 e. The smallest absolute Gasteiger partial charge is 0.350 e. The molecule has 1 rings (SSSR count). The lowest BCUT2D eigenvalue weighted by Gasteiger charge is -2.01. The molecule has 0 saturated carbocycles. The molecule has 1 heterocycles. The first kappa shape index (κ1) is 12.0. The standard InChI is InChI=1S/C8H9F3N2OS/c9-8(10,11)6-2-1-5(15-6)7(14)13-4-3-12/h1-2H,3-4,12H2,(H,13,14). The first-order valence-corrected chi connectivity index (χ1v) is 4.92. The molecule has 0 aliphatic carbocycles. The maximum atomic E-state index is 12.2. The molecule has 0 fully saturated rings. The highest BCUT2D eigenvalue weighted by Gasteiger charge is 2.32. The van der Waals surface area contributed by atoms with Gasteiger partial charge in [-0.1, -0.05) is 0 Å². The number of nitrogens with one attached hydrogen (secondary N) is 1. The van der Waals surface area contributed by atoms with E-state index in [9.17, 15) is 18.0 Å². The van der Waals surface area contributed by atoms with E-state index in [-0.39, 0.29) is 18.0 Å². The number of thiophene rings is 1. The Labute approximate surface area is 88.1 Å². The van der Waals surface area contributed by atoms with Gasteiger partial charge in [-0.2, -0.15) is 13.2 Å². The molecule has 0 bridgehead atoms. The Balaban J connectivity index is 2.72. The molecular weight excluding hydrogens is 229 g/mol. The van der Waals surface area contributed by atoms with Gasteiger partial charge in [-0.25, -0.2) is 0 Å². The number of hydrogen-bond donors (Lipinski definition) is 2. The number of halogens is 3. The fourth-order valence-corrected chi connectivity index (χ4v) is 1.67. The molecule has 1 amide bonds. The van der Waals surface area contributed by atoms with Crippen LogP contribution < -0.4 is 11.1 Å². The lowest BCUT2D eigenvalue weighted by atomic mass is 10.4. The molecule has 0 aliphatic rings. The lowest BCUT2D eigenvalue weighted by molar-refractivity contribution is -0.134. The number of rotatable bonds is 3. The summed E-state index contributed by atoms with van der Waals surface area (Å²) in [5.41, 5.74) is 5.14.